The van der Waals surface area contributed by atoms with Crippen LogP contribution < -0.4 is 0 Å². The van der Waals surface area contributed by atoms with Gasteiger partial charge in [-0.3, -0.25) is 0 Å². The van der Waals surface area contributed by atoms with Crippen molar-refractivity contribution in [1.29, 1.82) is 0 Å². The summed E-state index contributed by atoms with van der Waals surface area (Å²) in [4.78, 5) is 14.1. The highest BCUT2D eigenvalue weighted by atomic mass is 17.1. The topological polar surface area (TPSA) is 66.8 Å². The van der Waals surface area contributed by atoms with Gasteiger partial charge in [0.05, 0.1) is 0 Å². The lowest BCUT2D eigenvalue weighted by atomic mass is 10.2. The zero-order valence-electron chi connectivity index (χ0n) is 6.68. The predicted octanol–water partition coefficient (Wildman–Crippen LogP) is 1.60. The third kappa shape index (κ3) is 2.61. The standard InChI is InChI=1S/C9H8O4/c10-9(11)8(13-12)6-7-4-2-1-3-5-7/h1-6,12H,(H,10,11)/b8-6+. The van der Waals surface area contributed by atoms with E-state index in [2.05, 4.69) is 4.89 Å². The minimum absolute atomic E-state index is 0.508. The van der Waals surface area contributed by atoms with Crippen LogP contribution in [0.1, 0.15) is 5.56 Å². The quantitative estimate of drug-likeness (QED) is 0.321. The zero-order valence-corrected chi connectivity index (χ0v) is 6.68. The van der Waals surface area contributed by atoms with E-state index in [1.807, 2.05) is 0 Å². The number of aliphatic carboxylic acids is 1. The van der Waals surface area contributed by atoms with E-state index in [1.165, 1.54) is 6.08 Å². The van der Waals surface area contributed by atoms with Crippen LogP contribution >= 0.6 is 0 Å². The Balaban J connectivity index is 2.92. The molecular weight excluding hydrogens is 172 g/mol. The molecule has 1 aromatic carbocycles. The summed E-state index contributed by atoms with van der Waals surface area (Å²) < 4.78 is 0. The fourth-order valence-corrected chi connectivity index (χ4v) is 0.828. The summed E-state index contributed by atoms with van der Waals surface area (Å²) in [5.41, 5.74) is 0.647. The first-order valence-corrected chi connectivity index (χ1v) is 3.55. The molecule has 0 heterocycles. The van der Waals surface area contributed by atoms with Crippen molar-refractivity contribution in [3.63, 3.8) is 0 Å². The van der Waals surface area contributed by atoms with Crippen LogP contribution in [0.15, 0.2) is 36.1 Å². The molecule has 0 bridgehead atoms. The maximum Gasteiger partial charge on any atom is 0.375 e. The number of hydrogen-bond donors (Lipinski definition) is 2. The average molecular weight is 180 g/mol. The number of carbonyl (C=O) groups is 1. The molecule has 13 heavy (non-hydrogen) atoms. The monoisotopic (exact) mass is 180 g/mol. The van der Waals surface area contributed by atoms with E-state index in [-0.39, 0.29) is 0 Å². The van der Waals surface area contributed by atoms with Gasteiger partial charge < -0.3 is 9.99 Å². The van der Waals surface area contributed by atoms with E-state index in [0.29, 0.717) is 5.56 Å². The largest absolute Gasteiger partial charge is 0.475 e. The molecule has 0 saturated heterocycles. The summed E-state index contributed by atoms with van der Waals surface area (Å²) in [6.07, 6.45) is 1.22. The Labute approximate surface area is 74.6 Å². The van der Waals surface area contributed by atoms with Crippen molar-refractivity contribution in [2.24, 2.45) is 0 Å². The second-order valence-corrected chi connectivity index (χ2v) is 2.32. The van der Waals surface area contributed by atoms with Crippen molar-refractivity contribution >= 4 is 12.0 Å². The van der Waals surface area contributed by atoms with Crippen LogP contribution in [-0.2, 0) is 9.68 Å². The molecule has 0 unspecified atom stereocenters. The third-order valence-electron chi connectivity index (χ3n) is 1.41. The number of hydrogen-bond acceptors (Lipinski definition) is 3. The number of benzene rings is 1. The Kier molecular flexibility index (Phi) is 3.05. The van der Waals surface area contributed by atoms with Gasteiger partial charge in [-0.05, 0) is 11.6 Å². The van der Waals surface area contributed by atoms with Crippen LogP contribution in [0.25, 0.3) is 6.08 Å². The molecule has 0 aliphatic carbocycles. The molecule has 0 radical (unpaired) electrons. The summed E-state index contributed by atoms with van der Waals surface area (Å²) in [5.74, 6) is -1.82. The minimum atomic E-state index is -1.31. The molecule has 0 fully saturated rings. The maximum absolute atomic E-state index is 10.4. The highest BCUT2D eigenvalue weighted by Gasteiger charge is 2.07. The van der Waals surface area contributed by atoms with Crippen molar-refractivity contribution in [2.75, 3.05) is 0 Å². The highest BCUT2D eigenvalue weighted by molar-refractivity contribution is 5.89. The Morgan fingerprint density at radius 3 is 2.38 bits per heavy atom. The van der Waals surface area contributed by atoms with Gasteiger partial charge in [0.1, 0.15) is 0 Å². The van der Waals surface area contributed by atoms with Crippen molar-refractivity contribution in [2.45, 2.75) is 0 Å². The van der Waals surface area contributed by atoms with E-state index < -0.39 is 11.7 Å². The molecule has 4 heteroatoms. The van der Waals surface area contributed by atoms with E-state index >= 15 is 0 Å². The first-order chi connectivity index (χ1) is 6.24. The van der Waals surface area contributed by atoms with E-state index in [0.717, 1.165) is 0 Å². The number of rotatable bonds is 3. The van der Waals surface area contributed by atoms with Crippen molar-refractivity contribution in [3.05, 3.63) is 41.7 Å². The number of carboxylic acids is 1. The second kappa shape index (κ2) is 4.27. The molecule has 0 amide bonds. The van der Waals surface area contributed by atoms with Gasteiger partial charge in [0, 0.05) is 0 Å². The molecular formula is C9H8O4. The third-order valence-corrected chi connectivity index (χ3v) is 1.41. The predicted molar refractivity (Wildman–Crippen MR) is 45.8 cm³/mol. The Morgan fingerprint density at radius 1 is 1.31 bits per heavy atom. The van der Waals surface area contributed by atoms with Crippen LogP contribution in [0, 0.1) is 0 Å². The normalized spacial score (nSPS) is 11.0. The van der Waals surface area contributed by atoms with Crippen molar-refractivity contribution < 1.29 is 20.0 Å². The van der Waals surface area contributed by atoms with E-state index in [1.54, 1.807) is 30.3 Å². The summed E-state index contributed by atoms with van der Waals surface area (Å²) >= 11 is 0. The Hall–Kier alpha value is -1.81. The molecule has 1 rings (SSSR count). The zero-order chi connectivity index (χ0) is 9.68. The van der Waals surface area contributed by atoms with Gasteiger partial charge >= 0.3 is 5.97 Å². The van der Waals surface area contributed by atoms with Crippen LogP contribution in [0.3, 0.4) is 0 Å². The molecule has 1 aromatic rings. The molecule has 0 aliphatic rings. The van der Waals surface area contributed by atoms with E-state index in [9.17, 15) is 4.79 Å². The lowest BCUT2D eigenvalue weighted by Gasteiger charge is -1.96. The summed E-state index contributed by atoms with van der Waals surface area (Å²) in [6.45, 7) is 0. The fraction of sp³-hybridized carbons (Fsp3) is 0. The fourth-order valence-electron chi connectivity index (χ4n) is 0.828. The average Bonchev–Trinajstić information content (AvgIpc) is 2.15. The molecule has 0 spiro atoms. The van der Waals surface area contributed by atoms with E-state index in [4.69, 9.17) is 10.4 Å². The summed E-state index contributed by atoms with van der Waals surface area (Å²) in [5, 5.41) is 16.7. The van der Waals surface area contributed by atoms with Gasteiger partial charge in [0.2, 0.25) is 5.76 Å². The first-order valence-electron chi connectivity index (χ1n) is 3.55. The lowest BCUT2D eigenvalue weighted by Crippen LogP contribution is -2.02. The maximum atomic E-state index is 10.4. The van der Waals surface area contributed by atoms with Gasteiger partial charge in [-0.2, -0.15) is 0 Å². The first kappa shape index (κ1) is 9.28. The Morgan fingerprint density at radius 2 is 1.92 bits per heavy atom. The van der Waals surface area contributed by atoms with Crippen LogP contribution in [-0.4, -0.2) is 16.3 Å². The smallest absolute Gasteiger partial charge is 0.375 e. The number of carboxylic acid groups (broad SMARTS) is 1. The molecule has 68 valence electrons. The van der Waals surface area contributed by atoms with Gasteiger partial charge in [0.15, 0.2) is 0 Å². The van der Waals surface area contributed by atoms with Crippen molar-refractivity contribution in [1.82, 2.24) is 0 Å². The van der Waals surface area contributed by atoms with Gasteiger partial charge in [-0.25, -0.2) is 10.1 Å². The lowest BCUT2D eigenvalue weighted by molar-refractivity contribution is -0.209. The highest BCUT2D eigenvalue weighted by Crippen LogP contribution is 2.06. The molecule has 0 saturated carbocycles. The van der Waals surface area contributed by atoms with Gasteiger partial charge in [-0.15, -0.1) is 0 Å². The van der Waals surface area contributed by atoms with Crippen LogP contribution in [0.4, 0.5) is 0 Å². The summed E-state index contributed by atoms with van der Waals surface area (Å²) in [7, 11) is 0. The molecule has 4 nitrogen and oxygen atoms in total. The van der Waals surface area contributed by atoms with Crippen LogP contribution in [0.2, 0.25) is 0 Å². The molecule has 0 aliphatic heterocycles. The minimum Gasteiger partial charge on any atom is -0.475 e. The SMILES string of the molecule is O=C(O)/C(=C\c1ccccc1)OO. The molecule has 2 N–H and O–H groups in total. The second-order valence-electron chi connectivity index (χ2n) is 2.32. The Bertz CT molecular complexity index is 316. The summed E-state index contributed by atoms with van der Waals surface area (Å²) in [6, 6.07) is 8.70. The van der Waals surface area contributed by atoms with Crippen molar-refractivity contribution in [3.8, 4) is 0 Å². The van der Waals surface area contributed by atoms with Gasteiger partial charge in [0.25, 0.3) is 0 Å². The van der Waals surface area contributed by atoms with Gasteiger partial charge in [-0.1, -0.05) is 30.3 Å². The van der Waals surface area contributed by atoms with Crippen LogP contribution in [0.5, 0.6) is 0 Å². The molecule has 0 aromatic heterocycles. The molecule has 0 atom stereocenters.